The molecule has 0 saturated heterocycles. The smallest absolute Gasteiger partial charge is 0.256 e. The Labute approximate surface area is 215 Å². The van der Waals surface area contributed by atoms with Crippen LogP contribution < -0.4 is 10.1 Å². The van der Waals surface area contributed by atoms with Crippen molar-refractivity contribution in [1.82, 2.24) is 4.98 Å². The molecule has 0 atom stereocenters. The van der Waals surface area contributed by atoms with Gasteiger partial charge in [0.2, 0.25) is 5.89 Å². The van der Waals surface area contributed by atoms with Crippen LogP contribution in [0.5, 0.6) is 11.5 Å². The average molecular weight is 546 g/mol. The van der Waals surface area contributed by atoms with Gasteiger partial charge in [-0.1, -0.05) is 70.0 Å². The maximum atomic E-state index is 13.4. The van der Waals surface area contributed by atoms with Gasteiger partial charge in [0, 0.05) is 20.6 Å². The maximum Gasteiger partial charge on any atom is 0.256 e. The number of amides is 1. The van der Waals surface area contributed by atoms with Crippen molar-refractivity contribution in [3.63, 3.8) is 0 Å². The summed E-state index contributed by atoms with van der Waals surface area (Å²) in [7, 11) is 0. The van der Waals surface area contributed by atoms with Crippen LogP contribution in [0, 0.1) is 0 Å². The lowest BCUT2D eigenvalue weighted by atomic mass is 10.1. The van der Waals surface area contributed by atoms with E-state index in [-0.39, 0.29) is 5.91 Å². The van der Waals surface area contributed by atoms with Gasteiger partial charge in [-0.05, 0) is 54.6 Å². The number of hydrogen-bond acceptors (Lipinski definition) is 4. The Morgan fingerprint density at radius 2 is 1.66 bits per heavy atom. The number of aromatic nitrogens is 1. The van der Waals surface area contributed by atoms with Gasteiger partial charge in [-0.2, -0.15) is 0 Å². The van der Waals surface area contributed by atoms with Gasteiger partial charge >= 0.3 is 0 Å². The summed E-state index contributed by atoms with van der Waals surface area (Å²) in [4.78, 5) is 17.8. The van der Waals surface area contributed by atoms with Gasteiger partial charge in [-0.15, -0.1) is 0 Å². The highest BCUT2D eigenvalue weighted by Crippen LogP contribution is 2.34. The lowest BCUT2D eigenvalue weighted by molar-refractivity contribution is 0.102. The van der Waals surface area contributed by atoms with E-state index in [1.54, 1.807) is 42.6 Å². The zero-order valence-corrected chi connectivity index (χ0v) is 20.6. The molecule has 1 aromatic heterocycles. The van der Waals surface area contributed by atoms with Crippen LogP contribution in [0.2, 0.25) is 5.02 Å². The number of hydrogen-bond donors (Lipinski definition) is 1. The van der Waals surface area contributed by atoms with Gasteiger partial charge in [0.25, 0.3) is 5.91 Å². The molecule has 1 N–H and O–H groups in total. The topological polar surface area (TPSA) is 64.4 Å². The van der Waals surface area contributed by atoms with Crippen molar-refractivity contribution in [1.29, 1.82) is 0 Å². The zero-order chi connectivity index (χ0) is 24.2. The van der Waals surface area contributed by atoms with Crippen LogP contribution in [0.3, 0.4) is 0 Å². The number of carbonyl (C=O) groups excluding carboxylic acids is 1. The summed E-state index contributed by atoms with van der Waals surface area (Å²) in [6.07, 6.45) is 1.65. The highest BCUT2D eigenvalue weighted by atomic mass is 79.9. The third-order valence-corrected chi connectivity index (χ3v) is 5.96. The van der Waals surface area contributed by atoms with E-state index >= 15 is 0 Å². The molecule has 5 aromatic rings. The lowest BCUT2D eigenvalue weighted by Crippen LogP contribution is -2.14. The molecule has 0 spiro atoms. The SMILES string of the molecule is O=C(Nc1cc(Cl)ccc1Oc1ccccc1)c1ccccc1-c1ncc(-c2ccc(Br)cc2)o1. The second-order valence-corrected chi connectivity index (χ2v) is 8.94. The number of nitrogens with one attached hydrogen (secondary N) is 1. The molecule has 4 aromatic carbocycles. The van der Waals surface area contributed by atoms with E-state index in [2.05, 4.69) is 26.2 Å². The Hall–Kier alpha value is -3.87. The monoisotopic (exact) mass is 544 g/mol. The molecular weight excluding hydrogens is 528 g/mol. The highest BCUT2D eigenvalue weighted by Gasteiger charge is 2.19. The molecule has 0 aliphatic rings. The number of rotatable bonds is 6. The van der Waals surface area contributed by atoms with Gasteiger partial charge in [0.05, 0.1) is 17.4 Å². The van der Waals surface area contributed by atoms with Gasteiger partial charge in [0.15, 0.2) is 11.5 Å². The molecule has 7 heteroatoms. The quantitative estimate of drug-likeness (QED) is 0.232. The van der Waals surface area contributed by atoms with Crippen molar-refractivity contribution in [2.45, 2.75) is 0 Å². The van der Waals surface area contributed by atoms with Crippen molar-refractivity contribution in [2.24, 2.45) is 0 Å². The van der Waals surface area contributed by atoms with Crippen LogP contribution in [-0.2, 0) is 0 Å². The maximum absolute atomic E-state index is 13.4. The molecule has 0 unspecified atom stereocenters. The summed E-state index contributed by atoms with van der Waals surface area (Å²) in [5.41, 5.74) is 2.31. The van der Waals surface area contributed by atoms with Crippen LogP contribution in [0.15, 0.2) is 112 Å². The van der Waals surface area contributed by atoms with Gasteiger partial charge < -0.3 is 14.5 Å². The minimum absolute atomic E-state index is 0.343. The molecule has 0 bridgehead atoms. The summed E-state index contributed by atoms with van der Waals surface area (Å²) in [6.45, 7) is 0. The summed E-state index contributed by atoms with van der Waals surface area (Å²) < 4.78 is 12.9. The van der Waals surface area contributed by atoms with Crippen LogP contribution in [-0.4, -0.2) is 10.9 Å². The molecule has 172 valence electrons. The highest BCUT2D eigenvalue weighted by molar-refractivity contribution is 9.10. The van der Waals surface area contributed by atoms with Crippen molar-refractivity contribution in [2.75, 3.05) is 5.32 Å². The normalized spacial score (nSPS) is 10.7. The number of anilines is 1. The molecule has 5 nitrogen and oxygen atoms in total. The molecule has 0 fully saturated rings. The van der Waals surface area contributed by atoms with E-state index in [9.17, 15) is 4.79 Å². The predicted molar refractivity (Wildman–Crippen MR) is 141 cm³/mol. The Morgan fingerprint density at radius 1 is 0.914 bits per heavy atom. The number of ether oxygens (including phenoxy) is 1. The molecule has 1 amide bonds. The largest absolute Gasteiger partial charge is 0.455 e. The first-order chi connectivity index (χ1) is 17.1. The third kappa shape index (κ3) is 5.29. The fourth-order valence-electron chi connectivity index (χ4n) is 3.51. The lowest BCUT2D eigenvalue weighted by Gasteiger charge is -2.14. The van der Waals surface area contributed by atoms with E-state index in [1.165, 1.54) is 0 Å². The second-order valence-electron chi connectivity index (χ2n) is 7.59. The molecule has 0 radical (unpaired) electrons. The van der Waals surface area contributed by atoms with Crippen molar-refractivity contribution < 1.29 is 13.9 Å². The number of halogens is 2. The van der Waals surface area contributed by atoms with Crippen LogP contribution in [0.4, 0.5) is 5.69 Å². The molecule has 1 heterocycles. The van der Waals surface area contributed by atoms with E-state index in [1.807, 2.05) is 60.7 Å². The number of oxazole rings is 1. The summed E-state index contributed by atoms with van der Waals surface area (Å²) in [5.74, 6) is 1.73. The number of carbonyl (C=O) groups is 1. The van der Waals surface area contributed by atoms with Crippen LogP contribution in [0.1, 0.15) is 10.4 Å². The van der Waals surface area contributed by atoms with Crippen molar-refractivity contribution in [3.8, 4) is 34.3 Å². The van der Waals surface area contributed by atoms with E-state index < -0.39 is 0 Å². The first-order valence-electron chi connectivity index (χ1n) is 10.7. The third-order valence-electron chi connectivity index (χ3n) is 5.20. The van der Waals surface area contributed by atoms with E-state index in [0.29, 0.717) is 45.0 Å². The molecule has 5 rings (SSSR count). The van der Waals surface area contributed by atoms with Gasteiger partial charge in [0.1, 0.15) is 5.75 Å². The van der Waals surface area contributed by atoms with Crippen LogP contribution >= 0.6 is 27.5 Å². The Morgan fingerprint density at radius 3 is 2.46 bits per heavy atom. The van der Waals surface area contributed by atoms with Crippen LogP contribution in [0.25, 0.3) is 22.8 Å². The first kappa shape index (κ1) is 22.9. The number of benzene rings is 4. The summed E-state index contributed by atoms with van der Waals surface area (Å²) >= 11 is 9.64. The Kier molecular flexibility index (Phi) is 6.66. The van der Waals surface area contributed by atoms with Gasteiger partial charge in [-0.3, -0.25) is 4.79 Å². The number of para-hydroxylation sites is 1. The Balaban J connectivity index is 1.44. The fraction of sp³-hybridized carbons (Fsp3) is 0. The van der Waals surface area contributed by atoms with Crippen molar-refractivity contribution >= 4 is 39.1 Å². The van der Waals surface area contributed by atoms with E-state index in [4.69, 9.17) is 20.8 Å². The number of nitrogens with zero attached hydrogens (tertiary/aromatic N) is 1. The fourth-order valence-corrected chi connectivity index (χ4v) is 3.94. The molecule has 35 heavy (non-hydrogen) atoms. The average Bonchev–Trinajstić information content (AvgIpc) is 3.37. The minimum atomic E-state index is -0.343. The van der Waals surface area contributed by atoms with Gasteiger partial charge in [-0.25, -0.2) is 4.98 Å². The standard InChI is InChI=1S/C28H18BrClN2O3/c29-19-12-10-18(11-13-19)26-17-31-28(35-26)23-9-5-4-8-22(23)27(33)32-24-16-20(30)14-15-25(24)34-21-6-2-1-3-7-21/h1-17H,(H,32,33). The minimum Gasteiger partial charge on any atom is -0.455 e. The predicted octanol–water partition coefficient (Wildman–Crippen LogP) is 8.47. The van der Waals surface area contributed by atoms with E-state index in [0.717, 1.165) is 10.0 Å². The molecule has 0 saturated carbocycles. The Bertz CT molecular complexity index is 1480. The molecular formula is C28H18BrClN2O3. The van der Waals surface area contributed by atoms with Crippen molar-refractivity contribution in [3.05, 3.63) is 118 Å². The second kappa shape index (κ2) is 10.2. The molecule has 0 aliphatic heterocycles. The summed E-state index contributed by atoms with van der Waals surface area (Å²) in [6, 6.07) is 29.3. The molecule has 0 aliphatic carbocycles. The zero-order valence-electron chi connectivity index (χ0n) is 18.2. The summed E-state index contributed by atoms with van der Waals surface area (Å²) in [5, 5.41) is 3.39. The first-order valence-corrected chi connectivity index (χ1v) is 11.9.